The third-order valence-corrected chi connectivity index (χ3v) is 7.27. The predicted octanol–water partition coefficient (Wildman–Crippen LogP) is 4.73. The summed E-state index contributed by atoms with van der Waals surface area (Å²) in [6, 6.07) is 19.7. The van der Waals surface area contributed by atoms with Crippen molar-refractivity contribution in [3.63, 3.8) is 0 Å². The number of hydrogen-bond acceptors (Lipinski definition) is 6. The molecule has 4 aromatic rings. The van der Waals surface area contributed by atoms with Crippen molar-refractivity contribution < 1.29 is 28.5 Å². The van der Waals surface area contributed by atoms with Crippen LogP contribution in [0.25, 0.3) is 10.9 Å². The number of para-hydroxylation sites is 1. The quantitative estimate of drug-likeness (QED) is 0.285. The molecular weight excluding hydrogens is 508 g/mol. The van der Waals surface area contributed by atoms with E-state index in [9.17, 15) is 9.59 Å². The van der Waals surface area contributed by atoms with Crippen molar-refractivity contribution in [2.45, 2.75) is 25.1 Å². The molecule has 2 atom stereocenters. The molecule has 0 saturated carbocycles. The molecule has 0 aliphatic carbocycles. The first-order valence-corrected chi connectivity index (χ1v) is 12.8. The van der Waals surface area contributed by atoms with Crippen LogP contribution in [0.2, 0.25) is 0 Å². The Morgan fingerprint density at radius 1 is 1.05 bits per heavy atom. The van der Waals surface area contributed by atoms with E-state index in [1.165, 1.54) is 12.0 Å². The van der Waals surface area contributed by atoms with Crippen LogP contribution in [0.1, 0.15) is 28.4 Å². The molecule has 9 heteroatoms. The Balaban J connectivity index is 1.50. The minimum Gasteiger partial charge on any atom is -0.487 e. The number of hydrogen-bond donors (Lipinski definition) is 1. The number of nitrogens with one attached hydrogen (secondary N) is 1. The molecule has 1 amide bonds. The zero-order chi connectivity index (χ0) is 26.2. The SMILES string of the molecule is COC(=O)[C@H]1Cc2c([nH]c3c(OCc4ccccc4)cccc23)[C@@H](c2ccc3c(c2)OCO3)N1C(=O)CCl. The summed E-state index contributed by atoms with van der Waals surface area (Å²) in [6.07, 6.45) is 0.272. The van der Waals surface area contributed by atoms with Crippen LogP contribution >= 0.6 is 11.6 Å². The Morgan fingerprint density at radius 2 is 1.87 bits per heavy atom. The van der Waals surface area contributed by atoms with E-state index in [1.54, 1.807) is 6.07 Å². The molecule has 8 nitrogen and oxygen atoms in total. The molecule has 2 aliphatic heterocycles. The highest BCUT2D eigenvalue weighted by Crippen LogP contribution is 2.45. The number of H-pyrrole nitrogens is 1. The summed E-state index contributed by atoms with van der Waals surface area (Å²) in [5, 5.41) is 0.920. The summed E-state index contributed by atoms with van der Waals surface area (Å²) in [5.41, 5.74) is 4.29. The molecule has 1 N–H and O–H groups in total. The van der Waals surface area contributed by atoms with Crippen molar-refractivity contribution in [3.05, 3.63) is 89.1 Å². The molecule has 0 saturated heterocycles. The van der Waals surface area contributed by atoms with Crippen LogP contribution in [0.4, 0.5) is 0 Å². The first kappa shape index (κ1) is 24.2. The van der Waals surface area contributed by atoms with Gasteiger partial charge in [0, 0.05) is 17.5 Å². The standard InChI is InChI=1S/C29H25ClN2O6/c1-35-29(34)21-13-20-19-8-5-9-23(36-15-17-6-3-2-4-7-17)26(19)31-27(20)28(32(21)25(33)14-30)18-10-11-22-24(12-18)38-16-37-22/h2-12,21,28,31H,13-16H2,1H3/t21-,28-/m1/s1. The monoisotopic (exact) mass is 532 g/mol. The number of rotatable bonds is 6. The van der Waals surface area contributed by atoms with Crippen LogP contribution < -0.4 is 14.2 Å². The first-order valence-electron chi connectivity index (χ1n) is 12.2. The number of carbonyl (C=O) groups excluding carboxylic acids is 2. The number of benzene rings is 3. The van der Waals surface area contributed by atoms with E-state index >= 15 is 0 Å². The van der Waals surface area contributed by atoms with Gasteiger partial charge in [-0.3, -0.25) is 4.79 Å². The van der Waals surface area contributed by atoms with Gasteiger partial charge in [-0.05, 0) is 34.9 Å². The second-order valence-electron chi connectivity index (χ2n) is 9.16. The van der Waals surface area contributed by atoms with Gasteiger partial charge >= 0.3 is 5.97 Å². The molecule has 3 aromatic carbocycles. The third kappa shape index (κ3) is 4.11. The van der Waals surface area contributed by atoms with E-state index in [0.29, 0.717) is 23.9 Å². The Bertz CT molecular complexity index is 1520. The number of aromatic amines is 1. The van der Waals surface area contributed by atoms with Crippen molar-refractivity contribution in [2.24, 2.45) is 0 Å². The molecule has 6 rings (SSSR count). The maximum Gasteiger partial charge on any atom is 0.328 e. The topological polar surface area (TPSA) is 90.1 Å². The lowest BCUT2D eigenvalue weighted by atomic mass is 9.87. The fourth-order valence-electron chi connectivity index (χ4n) is 5.32. The van der Waals surface area contributed by atoms with Crippen LogP contribution in [0.15, 0.2) is 66.7 Å². The Hall–Kier alpha value is -4.17. The Labute approximate surface area is 224 Å². The summed E-state index contributed by atoms with van der Waals surface area (Å²) >= 11 is 6.06. The Morgan fingerprint density at radius 3 is 2.66 bits per heavy atom. The average Bonchev–Trinajstić information content (AvgIpc) is 3.59. The van der Waals surface area contributed by atoms with E-state index in [0.717, 1.165) is 33.3 Å². The molecule has 1 aromatic heterocycles. The second-order valence-corrected chi connectivity index (χ2v) is 9.43. The highest BCUT2D eigenvalue weighted by atomic mass is 35.5. The molecule has 0 fully saturated rings. The van der Waals surface area contributed by atoms with Gasteiger partial charge in [-0.1, -0.05) is 48.5 Å². The first-order chi connectivity index (χ1) is 18.6. The lowest BCUT2D eigenvalue weighted by Gasteiger charge is -2.40. The number of carbonyl (C=O) groups is 2. The largest absolute Gasteiger partial charge is 0.487 e. The lowest BCUT2D eigenvalue weighted by Crippen LogP contribution is -2.52. The fourth-order valence-corrected chi connectivity index (χ4v) is 5.45. The number of alkyl halides is 1. The van der Waals surface area contributed by atoms with Gasteiger partial charge in [0.15, 0.2) is 11.5 Å². The van der Waals surface area contributed by atoms with Gasteiger partial charge in [-0.2, -0.15) is 0 Å². The van der Waals surface area contributed by atoms with E-state index in [-0.39, 0.29) is 25.0 Å². The normalized spacial score (nSPS) is 17.8. The van der Waals surface area contributed by atoms with Crippen LogP contribution in [0.3, 0.4) is 0 Å². The second kappa shape index (κ2) is 9.95. The molecule has 194 valence electrons. The smallest absolute Gasteiger partial charge is 0.328 e. The number of methoxy groups -OCH3 is 1. The number of nitrogens with zero attached hydrogens (tertiary/aromatic N) is 1. The van der Waals surface area contributed by atoms with E-state index in [4.69, 9.17) is 30.5 Å². The van der Waals surface area contributed by atoms with Crippen molar-refractivity contribution in [2.75, 3.05) is 19.8 Å². The van der Waals surface area contributed by atoms with E-state index in [1.807, 2.05) is 60.7 Å². The van der Waals surface area contributed by atoms with Gasteiger partial charge in [-0.25, -0.2) is 4.79 Å². The molecule has 0 radical (unpaired) electrons. The summed E-state index contributed by atoms with van der Waals surface area (Å²) < 4.78 is 22.4. The zero-order valence-electron chi connectivity index (χ0n) is 20.6. The van der Waals surface area contributed by atoms with Crippen LogP contribution in [0.5, 0.6) is 17.2 Å². The number of amides is 1. The highest BCUT2D eigenvalue weighted by Gasteiger charge is 2.44. The predicted molar refractivity (Wildman–Crippen MR) is 141 cm³/mol. The summed E-state index contributed by atoms with van der Waals surface area (Å²) in [7, 11) is 1.32. The number of halogens is 1. The molecule has 3 heterocycles. The minimum absolute atomic E-state index is 0.123. The minimum atomic E-state index is -0.859. The number of fused-ring (bicyclic) bond motifs is 4. The van der Waals surface area contributed by atoms with Gasteiger partial charge in [0.05, 0.1) is 18.7 Å². The summed E-state index contributed by atoms with van der Waals surface area (Å²) in [4.78, 5) is 31.3. The van der Waals surface area contributed by atoms with Crippen LogP contribution in [0, 0.1) is 0 Å². The maximum absolute atomic E-state index is 13.3. The molecule has 38 heavy (non-hydrogen) atoms. The average molecular weight is 533 g/mol. The highest BCUT2D eigenvalue weighted by molar-refractivity contribution is 6.27. The zero-order valence-corrected chi connectivity index (χ0v) is 21.4. The van der Waals surface area contributed by atoms with Crippen LogP contribution in [-0.2, 0) is 27.4 Å². The number of aromatic nitrogens is 1. The van der Waals surface area contributed by atoms with Crippen molar-refractivity contribution in [1.82, 2.24) is 9.88 Å². The molecule has 0 unspecified atom stereocenters. The van der Waals surface area contributed by atoms with Gasteiger partial charge in [0.25, 0.3) is 0 Å². The maximum atomic E-state index is 13.3. The third-order valence-electron chi connectivity index (χ3n) is 7.05. The molecule has 2 aliphatic rings. The number of ether oxygens (including phenoxy) is 4. The fraction of sp³-hybridized carbons (Fsp3) is 0.241. The van der Waals surface area contributed by atoms with Gasteiger partial charge in [0.1, 0.15) is 24.3 Å². The van der Waals surface area contributed by atoms with Gasteiger partial charge in [-0.15, -0.1) is 11.6 Å². The Kier molecular flexibility index (Phi) is 6.33. The molecule has 0 spiro atoms. The van der Waals surface area contributed by atoms with Crippen molar-refractivity contribution in [1.29, 1.82) is 0 Å². The van der Waals surface area contributed by atoms with E-state index in [2.05, 4.69) is 4.98 Å². The molecular formula is C29H25ClN2O6. The van der Waals surface area contributed by atoms with Gasteiger partial charge in [0.2, 0.25) is 12.7 Å². The summed E-state index contributed by atoms with van der Waals surface area (Å²) in [6.45, 7) is 0.523. The summed E-state index contributed by atoms with van der Waals surface area (Å²) in [5.74, 6) is 0.703. The number of esters is 1. The van der Waals surface area contributed by atoms with E-state index < -0.39 is 18.1 Å². The lowest BCUT2D eigenvalue weighted by molar-refractivity contribution is -0.154. The molecule has 0 bridgehead atoms. The van der Waals surface area contributed by atoms with Gasteiger partial charge < -0.3 is 28.8 Å². The van der Waals surface area contributed by atoms with Crippen molar-refractivity contribution in [3.8, 4) is 17.2 Å². The van der Waals surface area contributed by atoms with Crippen molar-refractivity contribution >= 4 is 34.4 Å². The van der Waals surface area contributed by atoms with Crippen LogP contribution in [-0.4, -0.2) is 47.6 Å².